The highest BCUT2D eigenvalue weighted by molar-refractivity contribution is 4.63. The lowest BCUT2D eigenvalue weighted by atomic mass is 9.91. The summed E-state index contributed by atoms with van der Waals surface area (Å²) in [4.78, 5) is 0. The third-order valence-electron chi connectivity index (χ3n) is 1.83. The normalized spacial score (nSPS) is 14.1. The molecule has 0 aromatic carbocycles. The Labute approximate surface area is 66.0 Å². The van der Waals surface area contributed by atoms with Gasteiger partial charge in [0.05, 0.1) is 0 Å². The summed E-state index contributed by atoms with van der Waals surface area (Å²) < 4.78 is 0. The molecule has 0 nitrogen and oxygen atoms in total. The first-order valence-corrected chi connectivity index (χ1v) is 4.29. The van der Waals surface area contributed by atoms with Crippen LogP contribution in [0.1, 0.15) is 39.5 Å². The van der Waals surface area contributed by atoms with E-state index in [9.17, 15) is 0 Å². The van der Waals surface area contributed by atoms with Gasteiger partial charge in [0.1, 0.15) is 0 Å². The van der Waals surface area contributed by atoms with Crippen molar-refractivity contribution in [3.05, 3.63) is 13.8 Å². The van der Waals surface area contributed by atoms with E-state index in [1.165, 1.54) is 12.8 Å². The van der Waals surface area contributed by atoms with Gasteiger partial charge in [-0.05, 0) is 18.3 Å². The standard InChI is InChI=1S/C10H20/c1-5-7-10(6-2)8-9(3)4/h9-10H,1-2,5-8H2,3-4H3. The lowest BCUT2D eigenvalue weighted by Crippen LogP contribution is -2.02. The van der Waals surface area contributed by atoms with Gasteiger partial charge in [-0.2, -0.15) is 0 Å². The van der Waals surface area contributed by atoms with E-state index in [2.05, 4.69) is 27.7 Å². The van der Waals surface area contributed by atoms with E-state index >= 15 is 0 Å². The molecule has 0 N–H and O–H groups in total. The van der Waals surface area contributed by atoms with Crippen LogP contribution in [0.4, 0.5) is 0 Å². The van der Waals surface area contributed by atoms with Gasteiger partial charge in [-0.25, -0.2) is 0 Å². The van der Waals surface area contributed by atoms with E-state index in [1.54, 1.807) is 0 Å². The molecule has 10 heavy (non-hydrogen) atoms. The molecule has 0 amide bonds. The Morgan fingerprint density at radius 1 is 1.20 bits per heavy atom. The molecule has 0 heterocycles. The predicted molar refractivity (Wildman–Crippen MR) is 47.5 cm³/mol. The van der Waals surface area contributed by atoms with E-state index in [0.29, 0.717) is 0 Å². The molecule has 0 aromatic rings. The Balaban J connectivity index is 3.39. The zero-order valence-corrected chi connectivity index (χ0v) is 7.40. The molecule has 0 saturated heterocycles. The van der Waals surface area contributed by atoms with E-state index in [4.69, 9.17) is 0 Å². The predicted octanol–water partition coefficient (Wildman–Crippen LogP) is 3.49. The molecular weight excluding hydrogens is 120 g/mol. The Bertz CT molecular complexity index is 64.4. The largest absolute Gasteiger partial charge is 0.0628 e. The summed E-state index contributed by atoms with van der Waals surface area (Å²) in [6.45, 7) is 12.3. The molecule has 0 aliphatic heterocycles. The van der Waals surface area contributed by atoms with Gasteiger partial charge in [0, 0.05) is 0 Å². The summed E-state index contributed by atoms with van der Waals surface area (Å²) in [5, 5.41) is 0. The Morgan fingerprint density at radius 2 is 1.80 bits per heavy atom. The van der Waals surface area contributed by atoms with Gasteiger partial charge in [0.15, 0.2) is 0 Å². The molecule has 1 atom stereocenters. The maximum atomic E-state index is 3.93. The van der Waals surface area contributed by atoms with Crippen molar-refractivity contribution in [2.24, 2.45) is 11.8 Å². The minimum atomic E-state index is 0.817. The Hall–Kier alpha value is 0. The fourth-order valence-corrected chi connectivity index (χ4v) is 1.34. The lowest BCUT2D eigenvalue weighted by molar-refractivity contribution is 0.390. The fraction of sp³-hybridized carbons (Fsp3) is 0.800. The van der Waals surface area contributed by atoms with Crippen LogP contribution in [0.2, 0.25) is 0 Å². The van der Waals surface area contributed by atoms with E-state index in [0.717, 1.165) is 24.7 Å². The van der Waals surface area contributed by atoms with E-state index in [1.807, 2.05) is 0 Å². The second-order valence-corrected chi connectivity index (χ2v) is 3.43. The summed E-state index contributed by atoms with van der Waals surface area (Å²) in [6.07, 6.45) is 4.71. The van der Waals surface area contributed by atoms with E-state index in [-0.39, 0.29) is 0 Å². The molecule has 0 heteroatoms. The second-order valence-electron chi connectivity index (χ2n) is 3.43. The molecule has 0 spiro atoms. The van der Waals surface area contributed by atoms with Crippen molar-refractivity contribution in [1.82, 2.24) is 0 Å². The molecule has 0 aliphatic carbocycles. The monoisotopic (exact) mass is 140 g/mol. The van der Waals surface area contributed by atoms with Crippen LogP contribution in [0.3, 0.4) is 0 Å². The first kappa shape index (κ1) is 10.0. The van der Waals surface area contributed by atoms with Crippen molar-refractivity contribution in [2.45, 2.75) is 39.5 Å². The minimum Gasteiger partial charge on any atom is -0.0628 e. The van der Waals surface area contributed by atoms with Crippen molar-refractivity contribution in [1.29, 1.82) is 0 Å². The van der Waals surface area contributed by atoms with Crippen LogP contribution in [0.5, 0.6) is 0 Å². The molecule has 0 aliphatic rings. The smallest absolute Gasteiger partial charge is 0.0412 e. The third-order valence-corrected chi connectivity index (χ3v) is 1.83. The first-order valence-electron chi connectivity index (χ1n) is 4.29. The average Bonchev–Trinajstić information content (AvgIpc) is 1.86. The van der Waals surface area contributed by atoms with Gasteiger partial charge < -0.3 is 0 Å². The van der Waals surface area contributed by atoms with Crippen molar-refractivity contribution in [3.8, 4) is 0 Å². The summed E-state index contributed by atoms with van der Waals surface area (Å²) in [7, 11) is 0. The zero-order valence-electron chi connectivity index (χ0n) is 7.40. The van der Waals surface area contributed by atoms with Gasteiger partial charge in [-0.3, -0.25) is 0 Å². The van der Waals surface area contributed by atoms with Gasteiger partial charge in [-0.1, -0.05) is 47.0 Å². The van der Waals surface area contributed by atoms with Gasteiger partial charge in [0.25, 0.3) is 0 Å². The first-order chi connectivity index (χ1) is 4.70. The molecule has 0 bridgehead atoms. The van der Waals surface area contributed by atoms with Crippen LogP contribution in [0.25, 0.3) is 0 Å². The quantitative estimate of drug-likeness (QED) is 0.548. The SMILES string of the molecule is [CH2]CCC(C[CH2])CC(C)C. The van der Waals surface area contributed by atoms with Crippen LogP contribution in [0.15, 0.2) is 0 Å². The van der Waals surface area contributed by atoms with Crippen molar-refractivity contribution in [2.75, 3.05) is 0 Å². The molecule has 0 rings (SSSR count). The minimum absolute atomic E-state index is 0.817. The Morgan fingerprint density at radius 3 is 2.10 bits per heavy atom. The van der Waals surface area contributed by atoms with Gasteiger partial charge >= 0.3 is 0 Å². The molecule has 0 saturated carbocycles. The summed E-state index contributed by atoms with van der Waals surface area (Å²) in [6, 6.07) is 0. The number of hydrogen-bond donors (Lipinski definition) is 0. The highest BCUT2D eigenvalue weighted by atomic mass is 14.1. The molecule has 2 radical (unpaired) electrons. The lowest BCUT2D eigenvalue weighted by Gasteiger charge is -2.15. The fourth-order valence-electron chi connectivity index (χ4n) is 1.34. The Kier molecular flexibility index (Phi) is 5.76. The van der Waals surface area contributed by atoms with Crippen molar-refractivity contribution < 1.29 is 0 Å². The number of hydrogen-bond acceptors (Lipinski definition) is 0. The van der Waals surface area contributed by atoms with Gasteiger partial charge in [-0.15, -0.1) is 0 Å². The van der Waals surface area contributed by atoms with Crippen LogP contribution in [-0.2, 0) is 0 Å². The van der Waals surface area contributed by atoms with Crippen molar-refractivity contribution >= 4 is 0 Å². The maximum Gasteiger partial charge on any atom is -0.0412 e. The van der Waals surface area contributed by atoms with Gasteiger partial charge in [0.2, 0.25) is 0 Å². The molecule has 1 unspecified atom stereocenters. The summed E-state index contributed by atoms with van der Waals surface area (Å²) in [5.41, 5.74) is 0. The molecule has 0 aromatic heterocycles. The third kappa shape index (κ3) is 4.84. The van der Waals surface area contributed by atoms with Crippen LogP contribution < -0.4 is 0 Å². The second kappa shape index (κ2) is 5.76. The maximum absolute atomic E-state index is 3.93. The average molecular weight is 140 g/mol. The highest BCUT2D eigenvalue weighted by Gasteiger charge is 2.06. The summed E-state index contributed by atoms with van der Waals surface area (Å²) in [5.74, 6) is 1.63. The summed E-state index contributed by atoms with van der Waals surface area (Å²) >= 11 is 0. The van der Waals surface area contributed by atoms with E-state index < -0.39 is 0 Å². The zero-order chi connectivity index (χ0) is 7.98. The van der Waals surface area contributed by atoms with Crippen LogP contribution in [0, 0.1) is 25.7 Å². The number of rotatable bonds is 5. The molecule has 60 valence electrons. The molecular formula is C10H20. The molecule has 0 fully saturated rings. The topological polar surface area (TPSA) is 0 Å². The highest BCUT2D eigenvalue weighted by Crippen LogP contribution is 2.19. The van der Waals surface area contributed by atoms with Crippen molar-refractivity contribution in [3.63, 3.8) is 0 Å². The van der Waals surface area contributed by atoms with Crippen LogP contribution in [-0.4, -0.2) is 0 Å². The van der Waals surface area contributed by atoms with Crippen LogP contribution >= 0.6 is 0 Å².